The van der Waals surface area contributed by atoms with Crippen LogP contribution in [0.5, 0.6) is 5.75 Å². The van der Waals surface area contributed by atoms with E-state index in [4.69, 9.17) is 4.74 Å². The molecule has 2 aromatic rings. The van der Waals surface area contributed by atoms with E-state index in [1.807, 2.05) is 12.1 Å². The molecule has 1 fully saturated rings. The van der Waals surface area contributed by atoms with Crippen LogP contribution in [0.25, 0.3) is 0 Å². The van der Waals surface area contributed by atoms with Crippen LogP contribution in [-0.2, 0) is 19.4 Å². The fourth-order valence-electron chi connectivity index (χ4n) is 4.20. The largest absolute Gasteiger partial charge is 0.496 e. The maximum Gasteiger partial charge on any atom is 0.251 e. The molecule has 0 saturated heterocycles. The molecular weight excluding hydrogens is 336 g/mol. The number of nitrogens with one attached hydrogen (secondary N) is 1. The van der Waals surface area contributed by atoms with E-state index in [1.54, 1.807) is 19.7 Å². The van der Waals surface area contributed by atoms with Gasteiger partial charge in [0, 0.05) is 32.2 Å². The molecule has 0 bridgehead atoms. The summed E-state index contributed by atoms with van der Waals surface area (Å²) in [7, 11) is 3.44. The normalized spacial score (nSPS) is 17.1. The second kappa shape index (κ2) is 7.73. The predicted molar refractivity (Wildman–Crippen MR) is 107 cm³/mol. The quantitative estimate of drug-likeness (QED) is 0.882. The van der Waals surface area contributed by atoms with E-state index in [0.29, 0.717) is 5.56 Å². The highest BCUT2D eigenvalue weighted by Crippen LogP contribution is 2.44. The zero-order valence-corrected chi connectivity index (χ0v) is 16.3. The molecule has 2 aromatic carbocycles. The number of methoxy groups -OCH3 is 1. The van der Waals surface area contributed by atoms with Crippen LogP contribution < -0.4 is 10.1 Å². The molecule has 4 heteroatoms. The minimum Gasteiger partial charge on any atom is -0.496 e. The molecule has 0 radical (unpaired) electrons. The van der Waals surface area contributed by atoms with E-state index >= 15 is 0 Å². The van der Waals surface area contributed by atoms with Gasteiger partial charge in [0.2, 0.25) is 0 Å². The zero-order valence-electron chi connectivity index (χ0n) is 16.3. The number of carbonyl (C=O) groups excluding carboxylic acids is 1. The Morgan fingerprint density at radius 2 is 1.78 bits per heavy atom. The van der Waals surface area contributed by atoms with E-state index < -0.39 is 0 Å². The average Bonchev–Trinajstić information content (AvgIpc) is 3.55. The van der Waals surface area contributed by atoms with Crippen molar-refractivity contribution in [1.82, 2.24) is 10.2 Å². The number of hydrogen-bond acceptors (Lipinski definition) is 3. The summed E-state index contributed by atoms with van der Waals surface area (Å²) in [5.74, 6) is 1.78. The number of nitrogens with zero attached hydrogens (tertiary/aromatic N) is 1. The summed E-state index contributed by atoms with van der Waals surface area (Å²) in [4.78, 5) is 14.2. The summed E-state index contributed by atoms with van der Waals surface area (Å²) in [6.45, 7) is 3.02. The van der Waals surface area contributed by atoms with Crippen LogP contribution in [0.2, 0.25) is 0 Å². The maximum absolute atomic E-state index is 11.7. The van der Waals surface area contributed by atoms with Crippen LogP contribution in [0.1, 0.15) is 51.4 Å². The van der Waals surface area contributed by atoms with Crippen molar-refractivity contribution in [3.05, 3.63) is 64.2 Å². The fourth-order valence-corrected chi connectivity index (χ4v) is 4.20. The van der Waals surface area contributed by atoms with Crippen molar-refractivity contribution in [2.24, 2.45) is 0 Å². The van der Waals surface area contributed by atoms with Crippen LogP contribution in [0.3, 0.4) is 0 Å². The molecule has 0 unspecified atom stereocenters. The van der Waals surface area contributed by atoms with E-state index in [9.17, 15) is 4.79 Å². The van der Waals surface area contributed by atoms with Gasteiger partial charge in [-0.2, -0.15) is 0 Å². The number of ether oxygens (including phenoxy) is 1. The van der Waals surface area contributed by atoms with Gasteiger partial charge in [0.1, 0.15) is 5.75 Å². The fraction of sp³-hybridized carbons (Fsp3) is 0.435. The Labute approximate surface area is 161 Å². The number of amides is 1. The molecule has 0 atom stereocenters. The van der Waals surface area contributed by atoms with Gasteiger partial charge in [-0.05, 0) is 72.1 Å². The Bertz CT molecular complexity index is 825. The van der Waals surface area contributed by atoms with Gasteiger partial charge in [0.15, 0.2) is 0 Å². The van der Waals surface area contributed by atoms with Gasteiger partial charge >= 0.3 is 0 Å². The molecule has 142 valence electrons. The van der Waals surface area contributed by atoms with Crippen molar-refractivity contribution in [1.29, 1.82) is 0 Å². The summed E-state index contributed by atoms with van der Waals surface area (Å²) in [6, 6.07) is 12.4. The number of carbonyl (C=O) groups is 1. The van der Waals surface area contributed by atoms with E-state index in [1.165, 1.54) is 29.5 Å². The van der Waals surface area contributed by atoms with Crippen molar-refractivity contribution in [3.8, 4) is 5.75 Å². The molecule has 1 aliphatic carbocycles. The Balaban J connectivity index is 1.48. The van der Waals surface area contributed by atoms with Crippen molar-refractivity contribution in [2.45, 2.75) is 38.1 Å². The monoisotopic (exact) mass is 364 g/mol. The Hall–Kier alpha value is -2.33. The summed E-state index contributed by atoms with van der Waals surface area (Å²) < 4.78 is 5.67. The first-order valence-electron chi connectivity index (χ1n) is 9.91. The lowest BCUT2D eigenvalue weighted by Gasteiger charge is -2.20. The molecule has 2 aliphatic rings. The smallest absolute Gasteiger partial charge is 0.251 e. The van der Waals surface area contributed by atoms with Crippen LogP contribution >= 0.6 is 0 Å². The Morgan fingerprint density at radius 3 is 2.41 bits per heavy atom. The molecule has 1 N–H and O–H groups in total. The maximum atomic E-state index is 11.7. The van der Waals surface area contributed by atoms with Gasteiger partial charge < -0.3 is 10.1 Å². The zero-order chi connectivity index (χ0) is 18.8. The lowest BCUT2D eigenvalue weighted by molar-refractivity contribution is 0.0963. The van der Waals surface area contributed by atoms with Crippen LogP contribution in [-0.4, -0.2) is 38.1 Å². The topological polar surface area (TPSA) is 41.6 Å². The molecular formula is C23H28N2O2. The lowest BCUT2D eigenvalue weighted by Crippen LogP contribution is -2.26. The molecule has 0 spiro atoms. The summed E-state index contributed by atoms with van der Waals surface area (Å²) in [5.41, 5.74) is 6.47. The first-order chi connectivity index (χ1) is 13.2. The molecule has 1 amide bonds. The highest BCUT2D eigenvalue weighted by molar-refractivity contribution is 5.93. The van der Waals surface area contributed by atoms with Crippen LogP contribution in [0.4, 0.5) is 0 Å². The van der Waals surface area contributed by atoms with Crippen molar-refractivity contribution in [3.63, 3.8) is 0 Å². The molecule has 1 heterocycles. The van der Waals surface area contributed by atoms with Gasteiger partial charge in [-0.3, -0.25) is 9.69 Å². The summed E-state index contributed by atoms with van der Waals surface area (Å²) in [6.07, 6.45) is 4.80. The van der Waals surface area contributed by atoms with Gasteiger partial charge in [-0.15, -0.1) is 0 Å². The highest BCUT2D eigenvalue weighted by atomic mass is 16.5. The molecule has 4 rings (SSSR count). The number of fused-ring (bicyclic) bond motifs is 1. The molecule has 27 heavy (non-hydrogen) atoms. The molecule has 1 saturated carbocycles. The number of hydrogen-bond donors (Lipinski definition) is 1. The van der Waals surface area contributed by atoms with Crippen LogP contribution in [0, 0.1) is 0 Å². The lowest BCUT2D eigenvalue weighted by atomic mass is 9.93. The third-order valence-corrected chi connectivity index (χ3v) is 5.87. The summed E-state index contributed by atoms with van der Waals surface area (Å²) >= 11 is 0. The van der Waals surface area contributed by atoms with Gasteiger partial charge in [0.25, 0.3) is 5.91 Å². The third-order valence-electron chi connectivity index (χ3n) is 5.87. The van der Waals surface area contributed by atoms with E-state index in [0.717, 1.165) is 44.1 Å². The SMILES string of the molecule is CNC(=O)c1ccc(CN2CCc3c(OC)ccc(C4CC4)c3CC2)cc1. The van der Waals surface area contributed by atoms with Crippen molar-refractivity contribution < 1.29 is 9.53 Å². The van der Waals surface area contributed by atoms with E-state index in [2.05, 4.69) is 34.5 Å². The average molecular weight is 364 g/mol. The predicted octanol–water partition coefficient (Wildman–Crippen LogP) is 3.53. The van der Waals surface area contributed by atoms with E-state index in [-0.39, 0.29) is 5.91 Å². The highest BCUT2D eigenvalue weighted by Gasteiger charge is 2.29. The van der Waals surface area contributed by atoms with Crippen molar-refractivity contribution in [2.75, 3.05) is 27.2 Å². The Morgan fingerprint density at radius 1 is 1.07 bits per heavy atom. The molecule has 4 nitrogen and oxygen atoms in total. The number of benzene rings is 2. The third kappa shape index (κ3) is 3.86. The van der Waals surface area contributed by atoms with Crippen molar-refractivity contribution >= 4 is 5.91 Å². The van der Waals surface area contributed by atoms with Gasteiger partial charge in [0.05, 0.1) is 7.11 Å². The van der Waals surface area contributed by atoms with Gasteiger partial charge in [-0.25, -0.2) is 0 Å². The minimum absolute atomic E-state index is 0.0357. The second-order valence-corrected chi connectivity index (χ2v) is 7.64. The molecule has 0 aromatic heterocycles. The standard InChI is InChI=1S/C23H28N2O2/c1-24-23(26)18-5-3-16(4-6-18)15-25-13-11-20-19(17-7-8-17)9-10-22(27-2)21(20)12-14-25/h3-6,9-10,17H,7-8,11-15H2,1-2H3,(H,24,26). The summed E-state index contributed by atoms with van der Waals surface area (Å²) in [5, 5.41) is 2.67. The second-order valence-electron chi connectivity index (χ2n) is 7.64. The first-order valence-corrected chi connectivity index (χ1v) is 9.91. The van der Waals surface area contributed by atoms with Crippen LogP contribution in [0.15, 0.2) is 36.4 Å². The molecule has 1 aliphatic heterocycles. The number of rotatable bonds is 5. The Kier molecular flexibility index (Phi) is 5.17. The van der Waals surface area contributed by atoms with Gasteiger partial charge in [-0.1, -0.05) is 18.2 Å². The minimum atomic E-state index is -0.0357. The first kappa shape index (κ1) is 18.1.